The van der Waals surface area contributed by atoms with Crippen molar-refractivity contribution in [3.63, 3.8) is 0 Å². The van der Waals surface area contributed by atoms with Gasteiger partial charge in [0.15, 0.2) is 0 Å². The number of piperidine rings is 1. The third-order valence-corrected chi connectivity index (χ3v) is 8.20. The van der Waals surface area contributed by atoms with Crippen LogP contribution in [-0.2, 0) is 10.0 Å². The van der Waals surface area contributed by atoms with Crippen molar-refractivity contribution >= 4 is 21.6 Å². The average Bonchev–Trinajstić information content (AvgIpc) is 3.42. The number of amides is 1. The van der Waals surface area contributed by atoms with Crippen molar-refractivity contribution in [2.75, 3.05) is 31.1 Å². The van der Waals surface area contributed by atoms with E-state index in [9.17, 15) is 13.2 Å². The van der Waals surface area contributed by atoms with Crippen molar-refractivity contribution < 1.29 is 13.2 Å². The molecule has 1 N–H and O–H groups in total. The summed E-state index contributed by atoms with van der Waals surface area (Å²) in [6, 6.07) is 5.35. The predicted octanol–water partition coefficient (Wildman–Crippen LogP) is 3.13. The smallest absolute Gasteiger partial charge is 0.253 e. The highest BCUT2D eigenvalue weighted by Crippen LogP contribution is 2.30. The molecule has 154 valence electrons. The van der Waals surface area contributed by atoms with E-state index in [1.54, 1.807) is 16.4 Å². The molecular weight excluding hydrogens is 374 g/mol. The lowest BCUT2D eigenvalue weighted by molar-refractivity contribution is 0.0938. The standard InChI is InChI=1S/C21H31N3O3S/c25-21(22-17-8-2-3-9-17)19-16-18(10-11-20(19)23-12-6-7-13-23)28(26,27)24-14-4-1-5-15-24/h10-11,16-17H,1-9,12-15H2,(H,22,25). The lowest BCUT2D eigenvalue weighted by atomic mass is 10.1. The molecule has 4 rings (SSSR count). The lowest BCUT2D eigenvalue weighted by Gasteiger charge is -2.27. The molecule has 2 saturated heterocycles. The molecule has 7 heteroatoms. The summed E-state index contributed by atoms with van der Waals surface area (Å²) in [5, 5.41) is 3.14. The van der Waals surface area contributed by atoms with Gasteiger partial charge in [-0.25, -0.2) is 8.42 Å². The van der Waals surface area contributed by atoms with E-state index in [1.165, 1.54) is 0 Å². The van der Waals surface area contributed by atoms with Gasteiger partial charge in [0.1, 0.15) is 0 Å². The molecule has 2 heterocycles. The molecule has 1 aromatic carbocycles. The Morgan fingerprint density at radius 1 is 0.893 bits per heavy atom. The van der Waals surface area contributed by atoms with Crippen molar-refractivity contribution in [1.82, 2.24) is 9.62 Å². The van der Waals surface area contributed by atoms with Crippen molar-refractivity contribution in [2.24, 2.45) is 0 Å². The number of hydrogen-bond donors (Lipinski definition) is 1. The number of sulfonamides is 1. The third kappa shape index (κ3) is 4.06. The molecule has 0 bridgehead atoms. The third-order valence-electron chi connectivity index (χ3n) is 6.30. The summed E-state index contributed by atoms with van der Waals surface area (Å²) in [6.07, 6.45) is 9.41. The summed E-state index contributed by atoms with van der Waals surface area (Å²) in [6.45, 7) is 2.98. The molecule has 1 aromatic rings. The van der Waals surface area contributed by atoms with Crippen LogP contribution in [0.3, 0.4) is 0 Å². The number of hydrogen-bond acceptors (Lipinski definition) is 4. The molecule has 3 fully saturated rings. The summed E-state index contributed by atoms with van der Waals surface area (Å²) in [5.74, 6) is -0.135. The van der Waals surface area contributed by atoms with Crippen molar-refractivity contribution in [3.05, 3.63) is 23.8 Å². The maximum Gasteiger partial charge on any atom is 0.253 e. The Hall–Kier alpha value is -1.60. The van der Waals surface area contributed by atoms with Crippen LogP contribution in [0.15, 0.2) is 23.1 Å². The van der Waals surface area contributed by atoms with Gasteiger partial charge in [0, 0.05) is 37.9 Å². The molecule has 1 saturated carbocycles. The number of rotatable bonds is 5. The lowest BCUT2D eigenvalue weighted by Crippen LogP contribution is -2.36. The molecule has 2 aliphatic heterocycles. The minimum Gasteiger partial charge on any atom is -0.371 e. The van der Waals surface area contributed by atoms with Crippen LogP contribution in [0.1, 0.15) is 68.1 Å². The number of nitrogens with one attached hydrogen (secondary N) is 1. The molecule has 3 aliphatic rings. The highest BCUT2D eigenvalue weighted by Gasteiger charge is 2.29. The molecular formula is C21H31N3O3S. The van der Waals surface area contributed by atoms with Crippen LogP contribution in [-0.4, -0.2) is 50.9 Å². The molecule has 1 amide bonds. The van der Waals surface area contributed by atoms with Crippen molar-refractivity contribution in [2.45, 2.75) is 68.7 Å². The van der Waals surface area contributed by atoms with E-state index in [-0.39, 0.29) is 16.8 Å². The largest absolute Gasteiger partial charge is 0.371 e. The molecule has 0 radical (unpaired) electrons. The van der Waals surface area contributed by atoms with Crippen LogP contribution >= 0.6 is 0 Å². The Balaban J connectivity index is 1.65. The van der Waals surface area contributed by atoms with Gasteiger partial charge >= 0.3 is 0 Å². The zero-order valence-electron chi connectivity index (χ0n) is 16.5. The summed E-state index contributed by atoms with van der Waals surface area (Å²) in [5.41, 5.74) is 1.37. The van der Waals surface area contributed by atoms with E-state index >= 15 is 0 Å². The molecule has 0 spiro atoms. The van der Waals surface area contributed by atoms with Crippen LogP contribution in [0, 0.1) is 0 Å². The van der Waals surface area contributed by atoms with Crippen LogP contribution in [0.5, 0.6) is 0 Å². The quantitative estimate of drug-likeness (QED) is 0.817. The highest BCUT2D eigenvalue weighted by atomic mass is 32.2. The normalized spacial score (nSPS) is 21.9. The average molecular weight is 406 g/mol. The Kier molecular flexibility index (Phi) is 5.92. The zero-order valence-corrected chi connectivity index (χ0v) is 17.3. The summed E-state index contributed by atoms with van der Waals surface area (Å²) in [7, 11) is -3.55. The minimum atomic E-state index is -3.55. The zero-order chi connectivity index (χ0) is 19.6. The fourth-order valence-electron chi connectivity index (χ4n) is 4.68. The Labute approximate surface area is 168 Å². The van der Waals surface area contributed by atoms with Crippen LogP contribution in [0.2, 0.25) is 0 Å². The van der Waals surface area contributed by atoms with Crippen molar-refractivity contribution in [3.8, 4) is 0 Å². The monoisotopic (exact) mass is 405 g/mol. The first kappa shape index (κ1) is 19.7. The SMILES string of the molecule is O=C(NC1CCCC1)c1cc(S(=O)(=O)N2CCCCC2)ccc1N1CCCC1. The highest BCUT2D eigenvalue weighted by molar-refractivity contribution is 7.89. The molecule has 0 atom stereocenters. The topological polar surface area (TPSA) is 69.7 Å². The summed E-state index contributed by atoms with van der Waals surface area (Å²) in [4.78, 5) is 15.5. The second kappa shape index (κ2) is 8.41. The van der Waals surface area contributed by atoms with Gasteiger partial charge in [0.05, 0.1) is 10.5 Å². The Morgan fingerprint density at radius 2 is 1.54 bits per heavy atom. The first-order valence-corrected chi connectivity index (χ1v) is 12.2. The number of carbonyl (C=O) groups is 1. The van der Waals surface area contributed by atoms with Crippen LogP contribution < -0.4 is 10.2 Å². The van der Waals surface area contributed by atoms with Gasteiger partial charge in [-0.05, 0) is 56.7 Å². The van der Waals surface area contributed by atoms with Gasteiger partial charge in [0.25, 0.3) is 5.91 Å². The fourth-order valence-corrected chi connectivity index (χ4v) is 6.22. The van der Waals surface area contributed by atoms with Gasteiger partial charge in [-0.1, -0.05) is 19.3 Å². The predicted molar refractivity (Wildman–Crippen MR) is 110 cm³/mol. The number of benzene rings is 1. The second-order valence-corrected chi connectivity index (χ2v) is 10.2. The maximum atomic E-state index is 13.1. The van der Waals surface area contributed by atoms with E-state index in [0.717, 1.165) is 76.6 Å². The second-order valence-electron chi connectivity index (χ2n) is 8.29. The van der Waals surface area contributed by atoms with Gasteiger partial charge in [-0.15, -0.1) is 0 Å². The van der Waals surface area contributed by atoms with Crippen LogP contribution in [0.25, 0.3) is 0 Å². The van der Waals surface area contributed by atoms with Crippen LogP contribution in [0.4, 0.5) is 5.69 Å². The van der Waals surface area contributed by atoms with Gasteiger partial charge in [-0.3, -0.25) is 4.79 Å². The minimum absolute atomic E-state index is 0.135. The number of nitrogens with zero attached hydrogens (tertiary/aromatic N) is 2. The van der Waals surface area contributed by atoms with Crippen molar-refractivity contribution in [1.29, 1.82) is 0 Å². The van der Waals surface area contributed by atoms with E-state index in [1.807, 2.05) is 6.07 Å². The summed E-state index contributed by atoms with van der Waals surface area (Å²) < 4.78 is 27.8. The van der Waals surface area contributed by atoms with E-state index in [2.05, 4.69) is 10.2 Å². The fraction of sp³-hybridized carbons (Fsp3) is 0.667. The number of anilines is 1. The van der Waals surface area contributed by atoms with Gasteiger partial charge in [0.2, 0.25) is 10.0 Å². The molecule has 0 unspecified atom stereocenters. The number of carbonyl (C=O) groups excluding carboxylic acids is 1. The van der Waals surface area contributed by atoms with Gasteiger partial charge < -0.3 is 10.2 Å². The Bertz CT molecular complexity index is 806. The Morgan fingerprint density at radius 3 is 2.21 bits per heavy atom. The van der Waals surface area contributed by atoms with E-state index in [0.29, 0.717) is 18.7 Å². The first-order chi connectivity index (χ1) is 13.6. The first-order valence-electron chi connectivity index (χ1n) is 10.8. The maximum absolute atomic E-state index is 13.1. The van der Waals surface area contributed by atoms with Gasteiger partial charge in [-0.2, -0.15) is 4.31 Å². The molecule has 0 aromatic heterocycles. The van der Waals surface area contributed by atoms with E-state index in [4.69, 9.17) is 0 Å². The van der Waals surface area contributed by atoms with E-state index < -0.39 is 10.0 Å². The molecule has 1 aliphatic carbocycles. The molecule has 28 heavy (non-hydrogen) atoms. The molecule has 6 nitrogen and oxygen atoms in total. The summed E-state index contributed by atoms with van der Waals surface area (Å²) >= 11 is 0.